The highest BCUT2D eigenvalue weighted by Gasteiger charge is 2.42. The number of sulfonamides is 1. The fourth-order valence-corrected chi connectivity index (χ4v) is 8.10. The molecule has 1 amide bonds. The van der Waals surface area contributed by atoms with E-state index < -0.39 is 16.1 Å². The van der Waals surface area contributed by atoms with Crippen LogP contribution in [0.3, 0.4) is 0 Å². The van der Waals surface area contributed by atoms with Crippen LogP contribution < -0.4 is 4.72 Å². The third-order valence-corrected chi connectivity index (χ3v) is 11.0. The third kappa shape index (κ3) is 6.89. The Balaban J connectivity index is 1.18. The number of carbonyl (C=O) groups is 1. The lowest BCUT2D eigenvalue weighted by Gasteiger charge is -2.51. The molecule has 1 atom stereocenters. The van der Waals surface area contributed by atoms with Crippen molar-refractivity contribution in [2.45, 2.75) is 42.2 Å². The summed E-state index contributed by atoms with van der Waals surface area (Å²) in [5.74, 6) is -0.0215. The number of nitrogens with one attached hydrogen (secondary N) is 1. The summed E-state index contributed by atoms with van der Waals surface area (Å²) in [5, 5.41) is 1.83. The predicted octanol–water partition coefficient (Wildman–Crippen LogP) is 5.10. The van der Waals surface area contributed by atoms with E-state index in [0.29, 0.717) is 13.1 Å². The summed E-state index contributed by atoms with van der Waals surface area (Å²) in [7, 11) is -1.70. The lowest BCUT2D eigenvalue weighted by atomic mass is 9.79. The van der Waals surface area contributed by atoms with Crippen LogP contribution in [0.25, 0.3) is 10.8 Å². The molecular formula is C36H42N4O3S. The number of hydrogen-bond acceptors (Lipinski definition) is 5. The fraction of sp³-hybridized carbons (Fsp3) is 0.361. The SMILES string of the molecule is CN1CCN(C2(Cc3ccccc3)CCN(C(=O)CC(NS(=O)(=O)c3ccc4ccccc4c3)c3ccccc3)CC2)CC1. The Labute approximate surface area is 261 Å². The van der Waals surface area contributed by atoms with E-state index in [-0.39, 0.29) is 22.8 Å². The van der Waals surface area contributed by atoms with Gasteiger partial charge in [-0.05, 0) is 60.3 Å². The first-order valence-electron chi connectivity index (χ1n) is 15.6. The highest BCUT2D eigenvalue weighted by Crippen LogP contribution is 2.34. The number of hydrogen-bond donors (Lipinski definition) is 1. The van der Waals surface area contributed by atoms with Crippen LogP contribution in [0, 0.1) is 0 Å². The van der Waals surface area contributed by atoms with Crippen molar-refractivity contribution in [1.29, 1.82) is 0 Å². The van der Waals surface area contributed by atoms with Gasteiger partial charge in [0.2, 0.25) is 15.9 Å². The van der Waals surface area contributed by atoms with Gasteiger partial charge in [-0.25, -0.2) is 13.1 Å². The minimum absolute atomic E-state index is 0.00982. The van der Waals surface area contributed by atoms with E-state index in [1.807, 2.05) is 65.6 Å². The molecule has 2 heterocycles. The molecule has 0 bridgehead atoms. The summed E-state index contributed by atoms with van der Waals surface area (Å²) < 4.78 is 30.1. The average Bonchev–Trinajstić information content (AvgIpc) is 3.05. The largest absolute Gasteiger partial charge is 0.342 e. The number of likely N-dealkylation sites (tertiary alicyclic amines) is 1. The van der Waals surface area contributed by atoms with Crippen LogP contribution in [0.4, 0.5) is 0 Å². The highest BCUT2D eigenvalue weighted by atomic mass is 32.2. The molecule has 44 heavy (non-hydrogen) atoms. The lowest BCUT2D eigenvalue weighted by molar-refractivity contribution is -0.134. The third-order valence-electron chi connectivity index (χ3n) is 9.51. The molecule has 0 radical (unpaired) electrons. The minimum Gasteiger partial charge on any atom is -0.342 e. The van der Waals surface area contributed by atoms with Gasteiger partial charge in [-0.3, -0.25) is 9.69 Å². The molecule has 1 unspecified atom stereocenters. The van der Waals surface area contributed by atoms with Crippen LogP contribution in [-0.2, 0) is 21.2 Å². The van der Waals surface area contributed by atoms with Crippen molar-refractivity contribution in [3.05, 3.63) is 114 Å². The Hall–Kier alpha value is -3.56. The van der Waals surface area contributed by atoms with Crippen molar-refractivity contribution in [2.24, 2.45) is 0 Å². The zero-order valence-corrected chi connectivity index (χ0v) is 26.3. The molecule has 2 fully saturated rings. The Morgan fingerprint density at radius 3 is 2.07 bits per heavy atom. The lowest BCUT2D eigenvalue weighted by Crippen LogP contribution is -2.61. The van der Waals surface area contributed by atoms with Gasteiger partial charge in [-0.1, -0.05) is 91.0 Å². The zero-order valence-electron chi connectivity index (χ0n) is 25.4. The number of amides is 1. The van der Waals surface area contributed by atoms with Crippen molar-refractivity contribution < 1.29 is 13.2 Å². The molecule has 230 valence electrons. The molecule has 0 aliphatic carbocycles. The van der Waals surface area contributed by atoms with Crippen molar-refractivity contribution >= 4 is 26.7 Å². The Kier molecular flexibility index (Phi) is 9.14. The van der Waals surface area contributed by atoms with E-state index in [1.54, 1.807) is 12.1 Å². The first kappa shape index (κ1) is 30.5. The van der Waals surface area contributed by atoms with Crippen LogP contribution in [0.5, 0.6) is 0 Å². The van der Waals surface area contributed by atoms with Gasteiger partial charge in [0, 0.05) is 51.2 Å². The van der Waals surface area contributed by atoms with Crippen molar-refractivity contribution in [3.8, 4) is 0 Å². The highest BCUT2D eigenvalue weighted by molar-refractivity contribution is 7.89. The van der Waals surface area contributed by atoms with Crippen molar-refractivity contribution in [1.82, 2.24) is 19.4 Å². The second-order valence-corrected chi connectivity index (χ2v) is 14.1. The molecule has 4 aromatic carbocycles. The minimum atomic E-state index is -3.88. The number of likely N-dealkylation sites (N-methyl/N-ethyl adjacent to an activating group) is 1. The number of piperidine rings is 1. The molecule has 0 spiro atoms. The van der Waals surface area contributed by atoms with E-state index in [9.17, 15) is 13.2 Å². The predicted molar refractivity (Wildman–Crippen MR) is 176 cm³/mol. The number of fused-ring (bicyclic) bond motifs is 1. The molecule has 0 aromatic heterocycles. The monoisotopic (exact) mass is 610 g/mol. The number of nitrogens with zero attached hydrogens (tertiary/aromatic N) is 3. The standard InChI is InChI=1S/C36H42N4O3S/c1-38-22-24-40(25-23-38)36(28-29-10-4-2-5-11-29)18-20-39(21-19-36)35(41)27-34(31-13-6-3-7-14-31)37-44(42,43)33-17-16-30-12-8-9-15-32(30)26-33/h2-17,26,34,37H,18-25,27-28H2,1H3. The number of rotatable bonds is 9. The second kappa shape index (κ2) is 13.2. The average molecular weight is 611 g/mol. The quantitative estimate of drug-likeness (QED) is 0.286. The van der Waals surface area contributed by atoms with Crippen LogP contribution in [0.1, 0.15) is 36.4 Å². The first-order valence-corrected chi connectivity index (χ1v) is 17.1. The van der Waals surface area contributed by atoms with Crippen LogP contribution in [0.15, 0.2) is 108 Å². The molecule has 1 N–H and O–H groups in total. The van der Waals surface area contributed by atoms with Gasteiger partial charge < -0.3 is 9.80 Å². The van der Waals surface area contributed by atoms with Gasteiger partial charge in [0.1, 0.15) is 0 Å². The van der Waals surface area contributed by atoms with Crippen molar-refractivity contribution in [2.75, 3.05) is 46.3 Å². The Morgan fingerprint density at radius 1 is 0.773 bits per heavy atom. The Bertz CT molecular complexity index is 1660. The summed E-state index contributed by atoms with van der Waals surface area (Å²) in [6.45, 7) is 5.49. The number of piperazine rings is 1. The molecule has 2 saturated heterocycles. The van der Waals surface area contributed by atoms with E-state index in [2.05, 4.69) is 51.9 Å². The van der Waals surface area contributed by atoms with Crippen LogP contribution >= 0.6 is 0 Å². The fourth-order valence-electron chi connectivity index (χ4n) is 6.84. The maximum Gasteiger partial charge on any atom is 0.241 e. The zero-order chi connectivity index (χ0) is 30.6. The molecule has 7 nitrogen and oxygen atoms in total. The van der Waals surface area contributed by atoms with Crippen molar-refractivity contribution in [3.63, 3.8) is 0 Å². The van der Waals surface area contributed by atoms with E-state index in [1.165, 1.54) is 5.56 Å². The molecule has 6 rings (SSSR count). The molecule has 0 saturated carbocycles. The smallest absolute Gasteiger partial charge is 0.241 e. The molecule has 8 heteroatoms. The molecule has 2 aliphatic heterocycles. The van der Waals surface area contributed by atoms with Gasteiger partial charge in [0.25, 0.3) is 0 Å². The number of benzene rings is 4. The van der Waals surface area contributed by atoms with Gasteiger partial charge in [0.15, 0.2) is 0 Å². The van der Waals surface area contributed by atoms with Gasteiger partial charge in [-0.15, -0.1) is 0 Å². The summed E-state index contributed by atoms with van der Waals surface area (Å²) >= 11 is 0. The van der Waals surface area contributed by atoms with E-state index in [4.69, 9.17) is 0 Å². The molecule has 2 aliphatic rings. The summed E-state index contributed by atoms with van der Waals surface area (Å²) in [6, 6.07) is 32.3. The first-order chi connectivity index (χ1) is 21.3. The molecule has 4 aromatic rings. The summed E-state index contributed by atoms with van der Waals surface area (Å²) in [5.41, 5.74) is 2.12. The number of carbonyl (C=O) groups excluding carboxylic acids is 1. The normalized spacial score (nSPS) is 18.7. The van der Waals surface area contributed by atoms with Crippen LogP contribution in [-0.4, -0.2) is 80.9 Å². The maximum atomic E-state index is 13.8. The van der Waals surface area contributed by atoms with Crippen LogP contribution in [0.2, 0.25) is 0 Å². The van der Waals surface area contributed by atoms with Gasteiger partial charge >= 0.3 is 0 Å². The van der Waals surface area contributed by atoms with E-state index in [0.717, 1.165) is 61.8 Å². The maximum absolute atomic E-state index is 13.8. The second-order valence-electron chi connectivity index (χ2n) is 12.4. The Morgan fingerprint density at radius 2 is 1.39 bits per heavy atom. The summed E-state index contributed by atoms with van der Waals surface area (Å²) in [6.07, 6.45) is 2.83. The van der Waals surface area contributed by atoms with Gasteiger partial charge in [-0.2, -0.15) is 0 Å². The van der Waals surface area contributed by atoms with Gasteiger partial charge in [0.05, 0.1) is 10.9 Å². The van der Waals surface area contributed by atoms with E-state index >= 15 is 0 Å². The topological polar surface area (TPSA) is 73.0 Å². The summed E-state index contributed by atoms with van der Waals surface area (Å²) in [4.78, 5) is 21.0. The molecular weight excluding hydrogens is 568 g/mol.